The molecule has 3 heteroatoms. The molecule has 0 heterocycles. The SMILES string of the molecule is CCCCNCCCCOc1ccc(F)cc1. The Morgan fingerprint density at radius 2 is 1.76 bits per heavy atom. The van der Waals surface area contributed by atoms with Gasteiger partial charge in [0.25, 0.3) is 0 Å². The number of rotatable bonds is 9. The van der Waals surface area contributed by atoms with Crippen LogP contribution in [0.15, 0.2) is 24.3 Å². The fourth-order valence-electron chi connectivity index (χ4n) is 1.50. The number of benzene rings is 1. The second-order valence-electron chi connectivity index (χ2n) is 4.11. The Morgan fingerprint density at radius 1 is 1.06 bits per heavy atom. The summed E-state index contributed by atoms with van der Waals surface area (Å²) in [5.41, 5.74) is 0. The molecule has 1 aromatic rings. The molecule has 0 aliphatic carbocycles. The molecule has 0 radical (unpaired) electrons. The van der Waals surface area contributed by atoms with Gasteiger partial charge in [-0.1, -0.05) is 13.3 Å². The van der Waals surface area contributed by atoms with E-state index in [1.165, 1.54) is 25.0 Å². The van der Waals surface area contributed by atoms with E-state index < -0.39 is 0 Å². The summed E-state index contributed by atoms with van der Waals surface area (Å²) in [5, 5.41) is 3.39. The molecule has 0 aromatic heterocycles. The van der Waals surface area contributed by atoms with E-state index in [9.17, 15) is 4.39 Å². The molecule has 17 heavy (non-hydrogen) atoms. The van der Waals surface area contributed by atoms with Crippen molar-refractivity contribution >= 4 is 0 Å². The predicted molar refractivity (Wildman–Crippen MR) is 68.9 cm³/mol. The molecule has 0 aliphatic rings. The van der Waals surface area contributed by atoms with Gasteiger partial charge in [-0.15, -0.1) is 0 Å². The lowest BCUT2D eigenvalue weighted by molar-refractivity contribution is 0.305. The molecule has 0 saturated heterocycles. The van der Waals surface area contributed by atoms with Crippen LogP contribution in [0.4, 0.5) is 4.39 Å². The lowest BCUT2D eigenvalue weighted by Gasteiger charge is -2.06. The summed E-state index contributed by atoms with van der Waals surface area (Å²) in [4.78, 5) is 0. The van der Waals surface area contributed by atoms with Gasteiger partial charge in [-0.25, -0.2) is 4.39 Å². The van der Waals surface area contributed by atoms with E-state index in [2.05, 4.69) is 12.2 Å². The van der Waals surface area contributed by atoms with Crippen molar-refractivity contribution in [1.82, 2.24) is 5.32 Å². The van der Waals surface area contributed by atoms with Crippen molar-refractivity contribution in [1.29, 1.82) is 0 Å². The Labute approximate surface area is 103 Å². The van der Waals surface area contributed by atoms with Gasteiger partial charge < -0.3 is 10.1 Å². The molecular formula is C14H22FNO. The average molecular weight is 239 g/mol. The summed E-state index contributed by atoms with van der Waals surface area (Å²) < 4.78 is 18.1. The molecule has 1 aromatic carbocycles. The van der Waals surface area contributed by atoms with E-state index in [1.807, 2.05) is 0 Å². The molecule has 2 nitrogen and oxygen atoms in total. The van der Waals surface area contributed by atoms with Gasteiger partial charge in [-0.05, 0) is 56.6 Å². The fourth-order valence-corrected chi connectivity index (χ4v) is 1.50. The zero-order valence-corrected chi connectivity index (χ0v) is 10.5. The molecule has 0 amide bonds. The van der Waals surface area contributed by atoms with Crippen LogP contribution < -0.4 is 10.1 Å². The first kappa shape index (κ1) is 14.0. The maximum atomic E-state index is 12.6. The van der Waals surface area contributed by atoms with Crippen molar-refractivity contribution in [3.8, 4) is 5.75 Å². The first-order valence-electron chi connectivity index (χ1n) is 6.42. The third-order valence-corrected chi connectivity index (χ3v) is 2.54. The van der Waals surface area contributed by atoms with Crippen LogP contribution in [-0.4, -0.2) is 19.7 Å². The number of ether oxygens (including phenoxy) is 1. The van der Waals surface area contributed by atoms with Crippen LogP contribution in [0.1, 0.15) is 32.6 Å². The van der Waals surface area contributed by atoms with E-state index in [0.717, 1.165) is 31.7 Å². The number of unbranched alkanes of at least 4 members (excludes halogenated alkanes) is 2. The van der Waals surface area contributed by atoms with E-state index in [0.29, 0.717) is 6.61 Å². The maximum Gasteiger partial charge on any atom is 0.123 e. The standard InChI is InChI=1S/C14H22FNO/c1-2-3-10-16-11-4-5-12-17-14-8-6-13(15)7-9-14/h6-9,16H,2-5,10-12H2,1H3. The van der Waals surface area contributed by atoms with Gasteiger partial charge in [0.15, 0.2) is 0 Å². The average Bonchev–Trinajstić information content (AvgIpc) is 2.35. The topological polar surface area (TPSA) is 21.3 Å². The minimum absolute atomic E-state index is 0.225. The van der Waals surface area contributed by atoms with Gasteiger partial charge in [0.2, 0.25) is 0 Å². The highest BCUT2D eigenvalue weighted by Crippen LogP contribution is 2.11. The number of halogens is 1. The Hall–Kier alpha value is -1.09. The fraction of sp³-hybridized carbons (Fsp3) is 0.571. The third-order valence-electron chi connectivity index (χ3n) is 2.54. The molecule has 0 atom stereocenters. The largest absolute Gasteiger partial charge is 0.494 e. The first-order valence-corrected chi connectivity index (χ1v) is 6.42. The van der Waals surface area contributed by atoms with Gasteiger partial charge in [-0.3, -0.25) is 0 Å². The molecule has 0 spiro atoms. The normalized spacial score (nSPS) is 10.5. The second-order valence-corrected chi connectivity index (χ2v) is 4.11. The van der Waals surface area contributed by atoms with Crippen LogP contribution in [0.3, 0.4) is 0 Å². The van der Waals surface area contributed by atoms with Gasteiger partial charge in [0.05, 0.1) is 6.61 Å². The molecule has 0 aliphatic heterocycles. The lowest BCUT2D eigenvalue weighted by Crippen LogP contribution is -2.17. The van der Waals surface area contributed by atoms with Crippen LogP contribution in [0, 0.1) is 5.82 Å². The molecule has 0 unspecified atom stereocenters. The highest BCUT2D eigenvalue weighted by atomic mass is 19.1. The zero-order chi connectivity index (χ0) is 12.3. The molecular weight excluding hydrogens is 217 g/mol. The number of hydrogen-bond donors (Lipinski definition) is 1. The van der Waals surface area contributed by atoms with Crippen molar-refractivity contribution in [3.63, 3.8) is 0 Å². The molecule has 0 saturated carbocycles. The number of hydrogen-bond acceptors (Lipinski definition) is 2. The zero-order valence-electron chi connectivity index (χ0n) is 10.5. The molecule has 1 rings (SSSR count). The van der Waals surface area contributed by atoms with E-state index >= 15 is 0 Å². The Bertz CT molecular complexity index is 287. The van der Waals surface area contributed by atoms with Crippen LogP contribution in [0.2, 0.25) is 0 Å². The van der Waals surface area contributed by atoms with Crippen LogP contribution in [-0.2, 0) is 0 Å². The van der Waals surface area contributed by atoms with Gasteiger partial charge in [0, 0.05) is 0 Å². The first-order chi connectivity index (χ1) is 8.33. The summed E-state index contributed by atoms with van der Waals surface area (Å²) in [7, 11) is 0. The lowest BCUT2D eigenvalue weighted by atomic mass is 10.3. The summed E-state index contributed by atoms with van der Waals surface area (Å²) in [6, 6.07) is 6.16. The van der Waals surface area contributed by atoms with Gasteiger partial charge >= 0.3 is 0 Å². The van der Waals surface area contributed by atoms with Crippen molar-refractivity contribution in [2.75, 3.05) is 19.7 Å². The highest BCUT2D eigenvalue weighted by Gasteiger charge is 1.94. The Kier molecular flexibility index (Phi) is 7.39. The minimum atomic E-state index is -0.225. The van der Waals surface area contributed by atoms with Crippen molar-refractivity contribution in [2.45, 2.75) is 32.6 Å². The highest BCUT2D eigenvalue weighted by molar-refractivity contribution is 5.21. The minimum Gasteiger partial charge on any atom is -0.494 e. The summed E-state index contributed by atoms with van der Waals surface area (Å²) in [6.07, 6.45) is 4.62. The predicted octanol–water partition coefficient (Wildman–Crippen LogP) is 3.37. The molecule has 0 fully saturated rings. The van der Waals surface area contributed by atoms with E-state index in [1.54, 1.807) is 12.1 Å². The van der Waals surface area contributed by atoms with Crippen LogP contribution >= 0.6 is 0 Å². The van der Waals surface area contributed by atoms with E-state index in [-0.39, 0.29) is 5.82 Å². The summed E-state index contributed by atoms with van der Waals surface area (Å²) >= 11 is 0. The number of nitrogens with one attached hydrogen (secondary N) is 1. The maximum absolute atomic E-state index is 12.6. The summed E-state index contributed by atoms with van der Waals surface area (Å²) in [6.45, 7) is 5.04. The quantitative estimate of drug-likeness (QED) is 0.667. The molecule has 0 bridgehead atoms. The van der Waals surface area contributed by atoms with Gasteiger partial charge in [0.1, 0.15) is 11.6 Å². The van der Waals surface area contributed by atoms with Crippen LogP contribution in [0.5, 0.6) is 5.75 Å². The van der Waals surface area contributed by atoms with Crippen molar-refractivity contribution in [3.05, 3.63) is 30.1 Å². The monoisotopic (exact) mass is 239 g/mol. The van der Waals surface area contributed by atoms with Crippen LogP contribution in [0.25, 0.3) is 0 Å². The third kappa shape index (κ3) is 6.95. The summed E-state index contributed by atoms with van der Waals surface area (Å²) in [5.74, 6) is 0.516. The second kappa shape index (κ2) is 8.99. The Balaban J connectivity index is 1.95. The van der Waals surface area contributed by atoms with Crippen molar-refractivity contribution in [2.24, 2.45) is 0 Å². The van der Waals surface area contributed by atoms with E-state index in [4.69, 9.17) is 4.74 Å². The Morgan fingerprint density at radius 3 is 2.47 bits per heavy atom. The van der Waals surface area contributed by atoms with Crippen molar-refractivity contribution < 1.29 is 9.13 Å². The van der Waals surface area contributed by atoms with Gasteiger partial charge in [-0.2, -0.15) is 0 Å². The molecule has 96 valence electrons. The smallest absolute Gasteiger partial charge is 0.123 e. The molecule has 1 N–H and O–H groups in total.